The van der Waals surface area contributed by atoms with Gasteiger partial charge in [0.25, 0.3) is 0 Å². The Labute approximate surface area is 200 Å². The molecule has 188 valence electrons. The summed E-state index contributed by atoms with van der Waals surface area (Å²) < 4.78 is 41.2. The van der Waals surface area contributed by atoms with Gasteiger partial charge in [0.1, 0.15) is 12.9 Å². The van der Waals surface area contributed by atoms with Crippen molar-refractivity contribution in [2.75, 3.05) is 39.3 Å². The van der Waals surface area contributed by atoms with Crippen LogP contribution in [0.25, 0.3) is 0 Å². The molecule has 5 heterocycles. The van der Waals surface area contributed by atoms with Crippen LogP contribution in [0.3, 0.4) is 0 Å². The van der Waals surface area contributed by atoms with Crippen molar-refractivity contribution < 1.29 is 18.0 Å². The highest BCUT2D eigenvalue weighted by Crippen LogP contribution is 2.54. The molecule has 3 aliphatic heterocycles. The molecule has 7 rings (SSSR count). The minimum Gasteiger partial charge on any atom is -0.323 e. The van der Waals surface area contributed by atoms with Gasteiger partial charge in [-0.3, -0.25) is 9.58 Å². The van der Waals surface area contributed by atoms with Crippen LogP contribution in [0.2, 0.25) is 0 Å². The van der Waals surface area contributed by atoms with Crippen LogP contribution in [0.15, 0.2) is 18.6 Å². The normalized spacial score (nSPS) is 25.3. The van der Waals surface area contributed by atoms with Gasteiger partial charge in [-0.15, -0.1) is 0 Å². The number of amides is 2. The fraction of sp³-hybridized carbons (Fsp3) is 0.739. The number of rotatable bonds is 5. The Hall–Kier alpha value is -2.63. The third-order valence-electron chi connectivity index (χ3n) is 8.46. The fourth-order valence-corrected chi connectivity index (χ4v) is 6.63. The van der Waals surface area contributed by atoms with Gasteiger partial charge in [-0.05, 0) is 31.7 Å². The van der Waals surface area contributed by atoms with Crippen molar-refractivity contribution in [3.05, 3.63) is 30.1 Å². The Morgan fingerprint density at radius 3 is 2.37 bits per heavy atom. The van der Waals surface area contributed by atoms with Crippen LogP contribution in [-0.2, 0) is 13.1 Å². The van der Waals surface area contributed by atoms with Crippen molar-refractivity contribution in [2.24, 2.45) is 10.8 Å². The summed E-state index contributed by atoms with van der Waals surface area (Å²) in [6.45, 7) is 4.13. The zero-order valence-corrected chi connectivity index (χ0v) is 19.5. The first-order valence-corrected chi connectivity index (χ1v) is 12.4. The molecule has 2 saturated carbocycles. The molecule has 5 fully saturated rings. The number of urea groups is 1. The average molecular weight is 491 g/mol. The van der Waals surface area contributed by atoms with Gasteiger partial charge in [0, 0.05) is 68.8 Å². The van der Waals surface area contributed by atoms with E-state index in [1.54, 1.807) is 6.07 Å². The highest BCUT2D eigenvalue weighted by atomic mass is 19.4. The van der Waals surface area contributed by atoms with E-state index in [0.717, 1.165) is 62.6 Å². The summed E-state index contributed by atoms with van der Waals surface area (Å²) in [5.41, 5.74) is 0.922. The first kappa shape index (κ1) is 21.6. The predicted molar refractivity (Wildman–Crippen MR) is 117 cm³/mol. The van der Waals surface area contributed by atoms with Gasteiger partial charge in [-0.2, -0.15) is 23.4 Å². The lowest BCUT2D eigenvalue weighted by atomic mass is 9.60. The molecule has 12 heteroatoms. The third kappa shape index (κ3) is 3.80. The maximum atomic E-state index is 12.9. The van der Waals surface area contributed by atoms with Crippen molar-refractivity contribution in [1.29, 1.82) is 0 Å². The van der Waals surface area contributed by atoms with Crippen LogP contribution in [-0.4, -0.2) is 90.7 Å². The molecule has 35 heavy (non-hydrogen) atoms. The van der Waals surface area contributed by atoms with E-state index in [4.69, 9.17) is 0 Å². The Morgan fingerprint density at radius 2 is 1.71 bits per heavy atom. The average Bonchev–Trinajstić information content (AvgIpc) is 3.26. The number of hydrogen-bond acceptors (Lipinski definition) is 5. The predicted octanol–water partition coefficient (Wildman–Crippen LogP) is 2.49. The summed E-state index contributed by atoms with van der Waals surface area (Å²) in [4.78, 5) is 23.4. The van der Waals surface area contributed by atoms with Gasteiger partial charge in [0.2, 0.25) is 0 Å². The molecule has 0 unspecified atom stereocenters. The number of carbonyl (C=O) groups excluding carboxylic acids is 1. The molecule has 2 spiro atoms. The van der Waals surface area contributed by atoms with Crippen molar-refractivity contribution in [2.45, 2.75) is 56.9 Å². The van der Waals surface area contributed by atoms with Gasteiger partial charge in [-0.1, -0.05) is 0 Å². The van der Waals surface area contributed by atoms with Crippen LogP contribution < -0.4 is 0 Å². The van der Waals surface area contributed by atoms with Crippen LogP contribution in [0.4, 0.5) is 18.0 Å². The highest BCUT2D eigenvalue weighted by molar-refractivity contribution is 5.77. The van der Waals surface area contributed by atoms with Crippen LogP contribution in [0.1, 0.15) is 49.2 Å². The molecule has 2 amide bonds. The smallest absolute Gasteiger partial charge is 0.323 e. The molecule has 2 aromatic heterocycles. The molecule has 2 aliphatic carbocycles. The summed E-state index contributed by atoms with van der Waals surface area (Å²) >= 11 is 0. The lowest BCUT2D eigenvalue weighted by Crippen LogP contribution is -2.75. The van der Waals surface area contributed by atoms with Crippen LogP contribution >= 0.6 is 0 Å². The molecule has 0 bridgehead atoms. The summed E-state index contributed by atoms with van der Waals surface area (Å²) in [6.07, 6.45) is 3.55. The molecule has 0 radical (unpaired) electrons. The Bertz CT molecular complexity index is 1130. The second kappa shape index (κ2) is 7.21. The van der Waals surface area contributed by atoms with E-state index in [9.17, 15) is 18.0 Å². The number of carbonyl (C=O) groups is 1. The Morgan fingerprint density at radius 1 is 1.03 bits per heavy atom. The minimum atomic E-state index is -4.28. The van der Waals surface area contributed by atoms with Gasteiger partial charge < -0.3 is 9.80 Å². The molecular weight excluding hydrogens is 461 g/mol. The van der Waals surface area contributed by atoms with Crippen molar-refractivity contribution in [1.82, 2.24) is 39.2 Å². The molecule has 0 aromatic carbocycles. The molecule has 9 nitrogen and oxygen atoms in total. The lowest BCUT2D eigenvalue weighted by Gasteiger charge is -2.63. The first-order chi connectivity index (χ1) is 16.7. The Balaban J connectivity index is 0.846. The number of alkyl halides is 3. The van der Waals surface area contributed by atoms with Gasteiger partial charge >= 0.3 is 12.2 Å². The monoisotopic (exact) mass is 490 g/mol. The third-order valence-corrected chi connectivity index (χ3v) is 8.46. The first-order valence-electron chi connectivity index (χ1n) is 12.4. The largest absolute Gasteiger partial charge is 0.408 e. The maximum Gasteiger partial charge on any atom is 0.408 e. The summed E-state index contributed by atoms with van der Waals surface area (Å²) in [5.74, 6) is 1.56. The molecule has 2 aromatic rings. The standard InChI is InChI=1S/C23H29F3N8O/c24-23(25,26)14-33-17(3-4-28-33)7-30-8-22(9-30)12-32(13-22)20(35)31-10-21(11-31)5-18(6-21)34-15-27-19(29-34)16-1-2-16/h3-4,15-16,18H,1-2,5-14H2. The van der Waals surface area contributed by atoms with E-state index in [2.05, 4.69) is 20.1 Å². The number of likely N-dealkylation sites (tertiary alicyclic amines) is 3. The molecular formula is C23H29F3N8O. The zero-order valence-electron chi connectivity index (χ0n) is 19.5. The van der Waals surface area contributed by atoms with Crippen molar-refractivity contribution in [3.63, 3.8) is 0 Å². The van der Waals surface area contributed by atoms with Crippen molar-refractivity contribution in [3.8, 4) is 0 Å². The summed E-state index contributed by atoms with van der Waals surface area (Å²) in [7, 11) is 0. The van der Waals surface area contributed by atoms with Crippen LogP contribution in [0.5, 0.6) is 0 Å². The molecule has 3 saturated heterocycles. The van der Waals surface area contributed by atoms with Gasteiger partial charge in [0.15, 0.2) is 5.82 Å². The molecule has 0 N–H and O–H groups in total. The number of halogens is 3. The number of hydrogen-bond donors (Lipinski definition) is 0. The SMILES string of the molecule is O=C(N1CC2(CC(n3cnc(C4CC4)n3)C2)C1)N1CC2(CN(Cc3ccnn3CC(F)(F)F)C2)C1. The van der Waals surface area contributed by atoms with E-state index < -0.39 is 12.7 Å². The minimum absolute atomic E-state index is 0.0982. The van der Waals surface area contributed by atoms with E-state index >= 15 is 0 Å². The van der Waals surface area contributed by atoms with E-state index in [-0.39, 0.29) is 16.9 Å². The van der Waals surface area contributed by atoms with Gasteiger partial charge in [-0.25, -0.2) is 14.5 Å². The lowest BCUT2D eigenvalue weighted by molar-refractivity contribution is -0.144. The fourth-order valence-electron chi connectivity index (χ4n) is 6.63. The molecule has 5 aliphatic rings. The summed E-state index contributed by atoms with van der Waals surface area (Å²) in [6, 6.07) is 2.18. The topological polar surface area (TPSA) is 75.3 Å². The second-order valence-electron chi connectivity index (χ2n) is 11.7. The Kier molecular flexibility index (Phi) is 4.45. The van der Waals surface area contributed by atoms with Crippen molar-refractivity contribution >= 4 is 6.03 Å². The number of aromatic nitrogens is 5. The molecule has 0 atom stereocenters. The highest BCUT2D eigenvalue weighted by Gasteiger charge is 2.58. The van der Waals surface area contributed by atoms with Crippen LogP contribution in [0, 0.1) is 10.8 Å². The van der Waals surface area contributed by atoms with E-state index in [0.29, 0.717) is 24.2 Å². The quantitative estimate of drug-likeness (QED) is 0.644. The van der Waals surface area contributed by atoms with E-state index in [1.165, 1.54) is 19.0 Å². The number of nitrogens with zero attached hydrogens (tertiary/aromatic N) is 8. The maximum absolute atomic E-state index is 12.9. The second-order valence-corrected chi connectivity index (χ2v) is 11.7. The van der Waals surface area contributed by atoms with E-state index in [1.807, 2.05) is 20.8 Å². The zero-order chi connectivity index (χ0) is 24.0. The van der Waals surface area contributed by atoms with Gasteiger partial charge in [0.05, 0.1) is 11.7 Å². The summed E-state index contributed by atoms with van der Waals surface area (Å²) in [5, 5.41) is 8.48.